The highest BCUT2D eigenvalue weighted by Crippen LogP contribution is 2.25. The number of carbonyl (C=O) groups is 1. The van der Waals surface area contributed by atoms with Crippen LogP contribution in [0.1, 0.15) is 0 Å². The smallest absolute Gasteiger partial charge is 0.267 e. The predicted molar refractivity (Wildman–Crippen MR) is 128 cm³/mol. The first-order valence-electron chi connectivity index (χ1n) is 10.4. The maximum atomic E-state index is 13.9. The molecule has 0 unspecified atom stereocenters. The summed E-state index contributed by atoms with van der Waals surface area (Å²) in [4.78, 5) is 25.8. The molecule has 0 saturated carbocycles. The van der Waals surface area contributed by atoms with Gasteiger partial charge in [0.1, 0.15) is 17.4 Å². The molecule has 0 bridgehead atoms. The van der Waals surface area contributed by atoms with Crippen LogP contribution in [0.25, 0.3) is 22.4 Å². The summed E-state index contributed by atoms with van der Waals surface area (Å²) in [5.74, 6) is -1.41. The lowest BCUT2D eigenvalue weighted by Crippen LogP contribution is -2.22. The van der Waals surface area contributed by atoms with E-state index < -0.39 is 17.5 Å². The Labute approximate surface area is 201 Å². The van der Waals surface area contributed by atoms with Crippen molar-refractivity contribution in [1.29, 1.82) is 0 Å². The summed E-state index contributed by atoms with van der Waals surface area (Å²) in [6, 6.07) is 16.9. The number of nitrogens with one attached hydrogen (secondary N) is 1. The molecule has 0 aliphatic carbocycles. The normalized spacial score (nSPS) is 11.2. The van der Waals surface area contributed by atoms with E-state index in [4.69, 9.17) is 4.74 Å². The van der Waals surface area contributed by atoms with E-state index in [2.05, 4.69) is 15.5 Å². The number of anilines is 1. The topological polar surface area (TPSA) is 90.5 Å². The first-order chi connectivity index (χ1) is 17.0. The molecule has 8 nitrogen and oxygen atoms in total. The Bertz CT molecular complexity index is 1650. The number of rotatable bonds is 6. The fraction of sp³-hybridized carbons (Fsp3) is 0.0833. The Morgan fingerprint density at radius 1 is 1.06 bits per heavy atom. The SMILES string of the molecule is COc1cccc(-n2c(=O)c3ccccc3n3c(SCC(=O)Nc4ccc(F)cc4F)nnc23)c1. The monoisotopic (exact) mass is 493 g/mol. The standard InChI is InChI=1S/C24H17F2N5O3S/c1-34-16-6-4-5-15(12-16)30-22(33)17-7-2-3-8-20(17)31-23(30)28-29-24(31)35-13-21(32)27-19-10-9-14(25)11-18(19)26/h2-12H,13H2,1H3,(H,27,32). The number of thioether (sulfide) groups is 1. The van der Waals surface area contributed by atoms with Gasteiger partial charge < -0.3 is 10.1 Å². The van der Waals surface area contributed by atoms with Gasteiger partial charge in [-0.15, -0.1) is 10.2 Å². The fourth-order valence-corrected chi connectivity index (χ4v) is 4.40. The molecule has 5 rings (SSSR count). The molecule has 5 aromatic rings. The van der Waals surface area contributed by atoms with Crippen molar-refractivity contribution in [2.24, 2.45) is 0 Å². The molecule has 1 amide bonds. The van der Waals surface area contributed by atoms with Crippen LogP contribution in [-0.2, 0) is 4.79 Å². The second-order valence-electron chi connectivity index (χ2n) is 7.44. The Balaban J connectivity index is 1.54. The van der Waals surface area contributed by atoms with Crippen LogP contribution in [0.5, 0.6) is 5.75 Å². The fourth-order valence-electron chi connectivity index (χ4n) is 3.66. The summed E-state index contributed by atoms with van der Waals surface area (Å²) in [5.41, 5.74) is 0.706. The summed E-state index contributed by atoms with van der Waals surface area (Å²) in [6.07, 6.45) is 0. The van der Waals surface area contributed by atoms with E-state index in [0.717, 1.165) is 23.9 Å². The highest BCUT2D eigenvalue weighted by Gasteiger charge is 2.19. The summed E-state index contributed by atoms with van der Waals surface area (Å²) in [6.45, 7) is 0. The molecule has 2 aromatic heterocycles. The summed E-state index contributed by atoms with van der Waals surface area (Å²) < 4.78 is 35.4. The van der Waals surface area contributed by atoms with Gasteiger partial charge in [-0.3, -0.25) is 14.0 Å². The zero-order valence-electron chi connectivity index (χ0n) is 18.2. The largest absolute Gasteiger partial charge is 0.497 e. The maximum absolute atomic E-state index is 13.9. The minimum absolute atomic E-state index is 0.121. The molecular weight excluding hydrogens is 476 g/mol. The van der Waals surface area contributed by atoms with Crippen molar-refractivity contribution in [2.45, 2.75) is 5.16 Å². The van der Waals surface area contributed by atoms with Crippen molar-refractivity contribution in [1.82, 2.24) is 19.2 Å². The minimum atomic E-state index is -0.871. The van der Waals surface area contributed by atoms with Gasteiger partial charge in [-0.2, -0.15) is 0 Å². The Hall–Kier alpha value is -4.25. The number of hydrogen-bond donors (Lipinski definition) is 1. The average Bonchev–Trinajstić information content (AvgIpc) is 3.28. The molecule has 1 N–H and O–H groups in total. The molecule has 176 valence electrons. The lowest BCUT2D eigenvalue weighted by Gasteiger charge is -2.12. The number of halogens is 2. The molecule has 0 aliphatic rings. The Morgan fingerprint density at radius 2 is 1.89 bits per heavy atom. The maximum Gasteiger partial charge on any atom is 0.267 e. The van der Waals surface area contributed by atoms with Gasteiger partial charge in [0.05, 0.1) is 35.1 Å². The highest BCUT2D eigenvalue weighted by atomic mass is 32.2. The van der Waals surface area contributed by atoms with Crippen molar-refractivity contribution in [3.05, 3.63) is 88.7 Å². The van der Waals surface area contributed by atoms with Gasteiger partial charge in [-0.05, 0) is 36.4 Å². The number of ether oxygens (including phenoxy) is 1. The predicted octanol–water partition coefficient (Wildman–Crippen LogP) is 4.05. The van der Waals surface area contributed by atoms with E-state index in [-0.39, 0.29) is 22.8 Å². The molecule has 0 fully saturated rings. The third kappa shape index (κ3) is 4.21. The second kappa shape index (κ2) is 9.18. The van der Waals surface area contributed by atoms with Crippen molar-refractivity contribution < 1.29 is 18.3 Å². The number of hydrogen-bond acceptors (Lipinski definition) is 6. The van der Waals surface area contributed by atoms with Crippen LogP contribution in [0.2, 0.25) is 0 Å². The Kier molecular flexibility index (Phi) is 5.91. The summed E-state index contributed by atoms with van der Waals surface area (Å²) in [5, 5.41) is 11.6. The van der Waals surface area contributed by atoms with Crippen LogP contribution in [-0.4, -0.2) is 37.9 Å². The first-order valence-corrected chi connectivity index (χ1v) is 11.4. The van der Waals surface area contributed by atoms with Crippen LogP contribution in [0, 0.1) is 11.6 Å². The number of para-hydroxylation sites is 1. The number of nitrogens with zero attached hydrogens (tertiary/aromatic N) is 4. The van der Waals surface area contributed by atoms with E-state index in [1.807, 2.05) is 0 Å². The molecule has 0 spiro atoms. The number of amides is 1. The number of benzene rings is 3. The summed E-state index contributed by atoms with van der Waals surface area (Å²) in [7, 11) is 1.53. The van der Waals surface area contributed by atoms with E-state index in [1.54, 1.807) is 52.9 Å². The second-order valence-corrected chi connectivity index (χ2v) is 8.38. The number of methoxy groups -OCH3 is 1. The van der Waals surface area contributed by atoms with Crippen molar-refractivity contribution in [3.8, 4) is 11.4 Å². The van der Waals surface area contributed by atoms with Gasteiger partial charge in [-0.1, -0.05) is 30.0 Å². The molecule has 35 heavy (non-hydrogen) atoms. The van der Waals surface area contributed by atoms with Crippen LogP contribution >= 0.6 is 11.8 Å². The lowest BCUT2D eigenvalue weighted by molar-refractivity contribution is -0.113. The molecule has 2 heterocycles. The van der Waals surface area contributed by atoms with Crippen molar-refractivity contribution >= 4 is 40.0 Å². The van der Waals surface area contributed by atoms with Crippen molar-refractivity contribution in [3.63, 3.8) is 0 Å². The number of fused-ring (bicyclic) bond motifs is 3. The van der Waals surface area contributed by atoms with Gasteiger partial charge in [0.25, 0.3) is 5.56 Å². The van der Waals surface area contributed by atoms with E-state index >= 15 is 0 Å². The van der Waals surface area contributed by atoms with E-state index in [1.165, 1.54) is 11.7 Å². The van der Waals surface area contributed by atoms with Crippen LogP contribution in [0.3, 0.4) is 0 Å². The minimum Gasteiger partial charge on any atom is -0.497 e. The Morgan fingerprint density at radius 3 is 2.69 bits per heavy atom. The molecule has 0 atom stereocenters. The van der Waals surface area contributed by atoms with Crippen molar-refractivity contribution in [2.75, 3.05) is 18.2 Å². The summed E-state index contributed by atoms with van der Waals surface area (Å²) >= 11 is 1.07. The molecule has 11 heteroatoms. The molecule has 0 saturated heterocycles. The highest BCUT2D eigenvalue weighted by molar-refractivity contribution is 7.99. The van der Waals surface area contributed by atoms with Gasteiger partial charge in [-0.25, -0.2) is 13.3 Å². The van der Waals surface area contributed by atoms with Gasteiger partial charge >= 0.3 is 0 Å². The number of carbonyl (C=O) groups excluding carboxylic acids is 1. The molecule has 3 aromatic carbocycles. The lowest BCUT2D eigenvalue weighted by atomic mass is 10.2. The van der Waals surface area contributed by atoms with E-state index in [0.29, 0.717) is 33.6 Å². The third-order valence-corrected chi connectivity index (χ3v) is 6.17. The van der Waals surface area contributed by atoms with Crippen LogP contribution < -0.4 is 15.6 Å². The van der Waals surface area contributed by atoms with Crippen LogP contribution in [0.4, 0.5) is 14.5 Å². The van der Waals surface area contributed by atoms with Gasteiger partial charge in [0.2, 0.25) is 11.7 Å². The van der Waals surface area contributed by atoms with Crippen LogP contribution in [0.15, 0.2) is 76.7 Å². The first kappa shape index (κ1) is 22.5. The van der Waals surface area contributed by atoms with Gasteiger partial charge in [0, 0.05) is 12.1 Å². The quantitative estimate of drug-likeness (QED) is 0.359. The molecule has 0 aliphatic heterocycles. The molecular formula is C24H17F2N5O3S. The zero-order valence-corrected chi connectivity index (χ0v) is 19.1. The zero-order chi connectivity index (χ0) is 24.5. The average molecular weight is 493 g/mol. The third-order valence-electron chi connectivity index (χ3n) is 5.24. The van der Waals surface area contributed by atoms with E-state index in [9.17, 15) is 18.4 Å². The molecule has 0 radical (unpaired) electrons. The number of aromatic nitrogens is 4. The van der Waals surface area contributed by atoms with Gasteiger partial charge in [0.15, 0.2) is 5.16 Å².